The Balaban J connectivity index is 1.66. The molecule has 1 aromatic carbocycles. The molecule has 6 nitrogen and oxygen atoms in total. The maximum atomic E-state index is 12.7. The number of carbonyl (C=O) groups excluding carboxylic acids is 1. The SMILES string of the molecule is CC1(C)CN(CC(=O)Nc2ccc3nc(C(F)(F)F)[nH]c3c2)CCC1N. The van der Waals surface area contributed by atoms with Crippen LogP contribution >= 0.6 is 0 Å². The predicted molar refractivity (Wildman–Crippen MR) is 92.5 cm³/mol. The number of rotatable bonds is 3. The topological polar surface area (TPSA) is 87.0 Å². The number of alkyl halides is 3. The first-order chi connectivity index (χ1) is 12.0. The maximum absolute atomic E-state index is 12.7. The molecule has 0 bridgehead atoms. The number of nitrogens with two attached hydrogens (primary N) is 1. The van der Waals surface area contributed by atoms with Crippen LogP contribution in [0, 0.1) is 5.41 Å². The molecule has 1 fully saturated rings. The number of piperidine rings is 1. The Hall–Kier alpha value is -2.13. The van der Waals surface area contributed by atoms with Crippen molar-refractivity contribution in [2.24, 2.45) is 11.1 Å². The van der Waals surface area contributed by atoms with Crippen LogP contribution in [-0.2, 0) is 11.0 Å². The summed E-state index contributed by atoms with van der Waals surface area (Å²) in [5, 5.41) is 2.73. The van der Waals surface area contributed by atoms with Crippen molar-refractivity contribution in [3.63, 3.8) is 0 Å². The average molecular weight is 369 g/mol. The number of hydrogen-bond acceptors (Lipinski definition) is 4. The number of carbonyl (C=O) groups is 1. The smallest absolute Gasteiger partial charge is 0.334 e. The van der Waals surface area contributed by atoms with Crippen molar-refractivity contribution in [2.45, 2.75) is 32.5 Å². The van der Waals surface area contributed by atoms with E-state index in [2.05, 4.69) is 29.1 Å². The summed E-state index contributed by atoms with van der Waals surface area (Å²) in [6.45, 7) is 5.83. The van der Waals surface area contributed by atoms with Gasteiger partial charge in [0.15, 0.2) is 0 Å². The van der Waals surface area contributed by atoms with Crippen LogP contribution in [0.5, 0.6) is 0 Å². The summed E-state index contributed by atoms with van der Waals surface area (Å²) in [6.07, 6.45) is -3.72. The van der Waals surface area contributed by atoms with E-state index in [-0.39, 0.29) is 34.9 Å². The van der Waals surface area contributed by atoms with Gasteiger partial charge < -0.3 is 16.0 Å². The second-order valence-corrected chi connectivity index (χ2v) is 7.46. The number of fused-ring (bicyclic) bond motifs is 1. The monoisotopic (exact) mass is 369 g/mol. The van der Waals surface area contributed by atoms with Crippen LogP contribution in [0.3, 0.4) is 0 Å². The number of hydrogen-bond donors (Lipinski definition) is 3. The summed E-state index contributed by atoms with van der Waals surface area (Å²) < 4.78 is 38.1. The number of aromatic nitrogens is 2. The van der Waals surface area contributed by atoms with Crippen LogP contribution in [0.4, 0.5) is 18.9 Å². The molecule has 142 valence electrons. The van der Waals surface area contributed by atoms with Crippen LogP contribution in [-0.4, -0.2) is 46.5 Å². The van der Waals surface area contributed by atoms with Gasteiger partial charge in [0, 0.05) is 24.8 Å². The molecule has 4 N–H and O–H groups in total. The molecule has 0 radical (unpaired) electrons. The first-order valence-electron chi connectivity index (χ1n) is 8.39. The zero-order valence-corrected chi connectivity index (χ0v) is 14.7. The van der Waals surface area contributed by atoms with E-state index in [1.807, 2.05) is 4.90 Å². The van der Waals surface area contributed by atoms with Crippen molar-refractivity contribution in [1.29, 1.82) is 0 Å². The summed E-state index contributed by atoms with van der Waals surface area (Å²) >= 11 is 0. The largest absolute Gasteiger partial charge is 0.449 e. The van der Waals surface area contributed by atoms with Gasteiger partial charge in [0.1, 0.15) is 0 Å². The molecule has 1 atom stereocenters. The lowest BCUT2D eigenvalue weighted by Gasteiger charge is -2.42. The highest BCUT2D eigenvalue weighted by Gasteiger charge is 2.35. The zero-order valence-electron chi connectivity index (χ0n) is 14.7. The minimum atomic E-state index is -4.54. The fourth-order valence-corrected chi connectivity index (χ4v) is 3.25. The van der Waals surface area contributed by atoms with Crippen LogP contribution in [0.1, 0.15) is 26.1 Å². The first-order valence-corrected chi connectivity index (χ1v) is 8.39. The Bertz CT molecular complexity index is 814. The minimum absolute atomic E-state index is 0.0681. The first kappa shape index (κ1) is 18.7. The van der Waals surface area contributed by atoms with Crippen LogP contribution in [0.2, 0.25) is 0 Å². The molecular formula is C17H22F3N5O. The third-order valence-corrected chi connectivity index (χ3v) is 4.79. The van der Waals surface area contributed by atoms with E-state index in [0.717, 1.165) is 19.5 Å². The normalized spacial score (nSPS) is 21.1. The minimum Gasteiger partial charge on any atom is -0.334 e. The summed E-state index contributed by atoms with van der Waals surface area (Å²) in [5.74, 6) is -1.27. The highest BCUT2D eigenvalue weighted by molar-refractivity contribution is 5.94. The lowest BCUT2D eigenvalue weighted by atomic mass is 9.80. The Morgan fingerprint density at radius 2 is 2.19 bits per heavy atom. The number of halogens is 3. The number of nitrogens with zero attached hydrogens (tertiary/aromatic N) is 2. The third kappa shape index (κ3) is 3.99. The Morgan fingerprint density at radius 3 is 2.85 bits per heavy atom. The van der Waals surface area contributed by atoms with Crippen LogP contribution in [0.15, 0.2) is 18.2 Å². The number of aromatic amines is 1. The van der Waals surface area contributed by atoms with E-state index in [1.165, 1.54) is 18.2 Å². The molecule has 26 heavy (non-hydrogen) atoms. The molecule has 1 amide bonds. The third-order valence-electron chi connectivity index (χ3n) is 4.79. The van der Waals surface area contributed by atoms with Crippen molar-refractivity contribution in [2.75, 3.05) is 25.0 Å². The van der Waals surface area contributed by atoms with Crippen molar-refractivity contribution >= 4 is 22.6 Å². The molecule has 1 saturated heterocycles. The fourth-order valence-electron chi connectivity index (χ4n) is 3.25. The summed E-state index contributed by atoms with van der Waals surface area (Å²) in [4.78, 5) is 20.1. The lowest BCUT2D eigenvalue weighted by molar-refractivity contribution is -0.144. The van der Waals surface area contributed by atoms with Gasteiger partial charge in [0.05, 0.1) is 17.6 Å². The molecule has 9 heteroatoms. The van der Waals surface area contributed by atoms with E-state index in [9.17, 15) is 18.0 Å². The second kappa shape index (κ2) is 6.55. The van der Waals surface area contributed by atoms with Gasteiger partial charge in [-0.05, 0) is 30.0 Å². The van der Waals surface area contributed by atoms with Gasteiger partial charge in [0.25, 0.3) is 0 Å². The van der Waals surface area contributed by atoms with E-state index in [4.69, 9.17) is 5.73 Å². The van der Waals surface area contributed by atoms with E-state index < -0.39 is 12.0 Å². The van der Waals surface area contributed by atoms with Gasteiger partial charge in [-0.3, -0.25) is 9.69 Å². The van der Waals surface area contributed by atoms with E-state index >= 15 is 0 Å². The summed E-state index contributed by atoms with van der Waals surface area (Å²) in [5.41, 5.74) is 6.87. The van der Waals surface area contributed by atoms with Crippen molar-refractivity contribution in [3.8, 4) is 0 Å². The molecular weight excluding hydrogens is 347 g/mol. The van der Waals surface area contributed by atoms with Gasteiger partial charge in [-0.25, -0.2) is 4.98 Å². The molecule has 1 unspecified atom stereocenters. The van der Waals surface area contributed by atoms with Crippen molar-refractivity contribution in [3.05, 3.63) is 24.0 Å². The molecule has 0 aliphatic carbocycles. The molecule has 0 spiro atoms. The summed E-state index contributed by atoms with van der Waals surface area (Å²) in [6, 6.07) is 4.54. The molecule has 1 aliphatic heterocycles. The zero-order chi connectivity index (χ0) is 19.1. The quantitative estimate of drug-likeness (QED) is 0.776. The van der Waals surface area contributed by atoms with E-state index in [1.54, 1.807) is 0 Å². The average Bonchev–Trinajstić information content (AvgIpc) is 2.94. The number of amides is 1. The number of H-pyrrole nitrogens is 1. The number of imidazole rings is 1. The van der Waals surface area contributed by atoms with E-state index in [0.29, 0.717) is 5.69 Å². The number of nitrogens with one attached hydrogen (secondary N) is 2. The predicted octanol–water partition coefficient (Wildman–Crippen LogP) is 2.58. The molecule has 2 heterocycles. The highest BCUT2D eigenvalue weighted by atomic mass is 19.4. The molecule has 0 saturated carbocycles. The van der Waals surface area contributed by atoms with Gasteiger partial charge in [0.2, 0.25) is 11.7 Å². The Morgan fingerprint density at radius 1 is 1.46 bits per heavy atom. The van der Waals surface area contributed by atoms with Crippen molar-refractivity contribution in [1.82, 2.24) is 14.9 Å². The summed E-state index contributed by atoms with van der Waals surface area (Å²) in [7, 11) is 0. The lowest BCUT2D eigenvalue weighted by Crippen LogP contribution is -2.53. The molecule has 1 aromatic heterocycles. The second-order valence-electron chi connectivity index (χ2n) is 7.46. The van der Waals surface area contributed by atoms with Gasteiger partial charge in [-0.1, -0.05) is 13.8 Å². The van der Waals surface area contributed by atoms with Gasteiger partial charge in [-0.15, -0.1) is 0 Å². The van der Waals surface area contributed by atoms with Crippen LogP contribution < -0.4 is 11.1 Å². The van der Waals surface area contributed by atoms with Crippen molar-refractivity contribution < 1.29 is 18.0 Å². The Kier molecular flexibility index (Phi) is 4.70. The number of likely N-dealkylation sites (tertiary alicyclic amines) is 1. The standard InChI is InChI=1S/C17H22F3N5O/c1-16(2)9-25(6-5-13(16)21)8-14(26)22-10-3-4-11-12(7-10)24-15(23-11)17(18,19)20/h3-4,7,13H,5-6,8-9,21H2,1-2H3,(H,22,26)(H,23,24). The molecule has 3 rings (SSSR count). The highest BCUT2D eigenvalue weighted by Crippen LogP contribution is 2.30. The van der Waals surface area contributed by atoms with Gasteiger partial charge >= 0.3 is 6.18 Å². The maximum Gasteiger partial charge on any atom is 0.449 e. The number of anilines is 1. The van der Waals surface area contributed by atoms with Gasteiger partial charge in [-0.2, -0.15) is 13.2 Å². The van der Waals surface area contributed by atoms with Crippen LogP contribution in [0.25, 0.3) is 11.0 Å². The Labute approximate surface area is 148 Å². The fraction of sp³-hybridized carbons (Fsp3) is 0.529. The number of benzene rings is 1. The molecule has 2 aromatic rings. The molecule has 1 aliphatic rings.